The molecular weight excluding hydrogens is 370 g/mol. The van der Waals surface area contributed by atoms with Gasteiger partial charge in [0.25, 0.3) is 0 Å². The third-order valence-corrected chi connectivity index (χ3v) is 4.98. The first kappa shape index (κ1) is 19.4. The summed E-state index contributed by atoms with van der Waals surface area (Å²) in [5, 5.41) is 9.71. The number of nitrogens with zero attached hydrogens (tertiary/aromatic N) is 5. The third kappa shape index (κ3) is 3.97. The molecule has 0 radical (unpaired) electrons. The van der Waals surface area contributed by atoms with E-state index in [-0.39, 0.29) is 18.1 Å². The molecule has 1 fully saturated rings. The molecule has 1 saturated heterocycles. The van der Waals surface area contributed by atoms with Gasteiger partial charge in [0.1, 0.15) is 5.60 Å². The minimum Gasteiger partial charge on any atom is -0.444 e. The van der Waals surface area contributed by atoms with Crippen molar-refractivity contribution >= 4 is 17.0 Å². The number of hydrogen-bond acceptors (Lipinski definition) is 6. The van der Waals surface area contributed by atoms with Crippen LogP contribution in [0.15, 0.2) is 28.9 Å². The molecule has 1 atom stereocenters. The van der Waals surface area contributed by atoms with Gasteiger partial charge in [0, 0.05) is 30.1 Å². The van der Waals surface area contributed by atoms with Crippen molar-refractivity contribution in [3.05, 3.63) is 30.3 Å². The van der Waals surface area contributed by atoms with Crippen molar-refractivity contribution in [1.82, 2.24) is 24.8 Å². The molecule has 29 heavy (non-hydrogen) atoms. The van der Waals surface area contributed by atoms with E-state index in [9.17, 15) is 4.79 Å². The molecule has 1 unspecified atom stereocenters. The summed E-state index contributed by atoms with van der Waals surface area (Å²) in [7, 11) is 0. The molecule has 8 nitrogen and oxygen atoms in total. The van der Waals surface area contributed by atoms with Gasteiger partial charge in [0.15, 0.2) is 0 Å². The smallest absolute Gasteiger partial charge is 0.410 e. The summed E-state index contributed by atoms with van der Waals surface area (Å²) >= 11 is 0. The zero-order chi connectivity index (χ0) is 20.8. The van der Waals surface area contributed by atoms with E-state index >= 15 is 0 Å². The largest absolute Gasteiger partial charge is 0.444 e. The minimum absolute atomic E-state index is 0.0219. The lowest BCUT2D eigenvalue weighted by atomic mass is 10.1. The van der Waals surface area contributed by atoms with Crippen LogP contribution in [-0.4, -0.2) is 49.6 Å². The van der Waals surface area contributed by atoms with Gasteiger partial charge in [-0.3, -0.25) is 4.68 Å². The summed E-state index contributed by atoms with van der Waals surface area (Å²) in [5.41, 5.74) is 1.42. The summed E-state index contributed by atoms with van der Waals surface area (Å²) in [4.78, 5) is 18.6. The number of likely N-dealkylation sites (tertiary alicyclic amines) is 1. The molecule has 0 saturated carbocycles. The minimum atomic E-state index is -0.506. The number of hydrogen-bond donors (Lipinski definition) is 0. The highest BCUT2D eigenvalue weighted by Gasteiger charge is 2.33. The zero-order valence-corrected chi connectivity index (χ0v) is 17.5. The van der Waals surface area contributed by atoms with Crippen LogP contribution in [0, 0.1) is 0 Å². The van der Waals surface area contributed by atoms with Crippen molar-refractivity contribution in [2.24, 2.45) is 0 Å². The lowest BCUT2D eigenvalue weighted by molar-refractivity contribution is 0.0291. The van der Waals surface area contributed by atoms with Gasteiger partial charge in [-0.25, -0.2) is 4.79 Å². The first-order valence-electron chi connectivity index (χ1n) is 10.0. The number of carbonyl (C=O) groups excluding carboxylic acids is 1. The highest BCUT2D eigenvalue weighted by Crippen LogP contribution is 2.30. The van der Waals surface area contributed by atoms with E-state index in [4.69, 9.17) is 9.26 Å². The fourth-order valence-corrected chi connectivity index (χ4v) is 3.56. The Hall–Kier alpha value is -2.90. The van der Waals surface area contributed by atoms with Crippen molar-refractivity contribution < 1.29 is 14.1 Å². The molecule has 154 valence electrons. The van der Waals surface area contributed by atoms with Crippen LogP contribution in [0.3, 0.4) is 0 Å². The molecule has 3 aromatic rings. The second kappa shape index (κ2) is 7.17. The number of amides is 1. The fourth-order valence-electron chi connectivity index (χ4n) is 3.56. The Morgan fingerprint density at radius 2 is 2.10 bits per heavy atom. The van der Waals surface area contributed by atoms with Crippen LogP contribution >= 0.6 is 0 Å². The highest BCUT2D eigenvalue weighted by molar-refractivity contribution is 5.83. The van der Waals surface area contributed by atoms with E-state index in [2.05, 4.69) is 29.1 Å². The molecule has 3 heterocycles. The van der Waals surface area contributed by atoms with Crippen molar-refractivity contribution in [2.75, 3.05) is 13.1 Å². The topological polar surface area (TPSA) is 86.3 Å². The van der Waals surface area contributed by atoms with Gasteiger partial charge in [-0.05, 0) is 47.1 Å². The van der Waals surface area contributed by atoms with E-state index in [0.717, 1.165) is 22.9 Å². The molecule has 1 amide bonds. The quantitative estimate of drug-likeness (QED) is 0.651. The first-order chi connectivity index (χ1) is 13.7. The summed E-state index contributed by atoms with van der Waals surface area (Å²) in [6.45, 7) is 10.9. The van der Waals surface area contributed by atoms with E-state index in [0.29, 0.717) is 24.8 Å². The molecule has 1 aliphatic rings. The maximum Gasteiger partial charge on any atom is 0.410 e. The summed E-state index contributed by atoms with van der Waals surface area (Å²) in [6.07, 6.45) is 2.34. The van der Waals surface area contributed by atoms with Crippen molar-refractivity contribution in [3.63, 3.8) is 0 Å². The normalized spacial score (nSPS) is 17.4. The Kier molecular flexibility index (Phi) is 4.80. The summed E-state index contributed by atoms with van der Waals surface area (Å²) in [5.74, 6) is 1.13. The van der Waals surface area contributed by atoms with Crippen molar-refractivity contribution in [1.29, 1.82) is 0 Å². The molecule has 8 heteroatoms. The molecule has 0 N–H and O–H groups in total. The Labute approximate surface area is 169 Å². The molecule has 0 bridgehead atoms. The zero-order valence-electron chi connectivity index (χ0n) is 17.5. The van der Waals surface area contributed by atoms with Gasteiger partial charge in [0.05, 0.1) is 17.6 Å². The van der Waals surface area contributed by atoms with Gasteiger partial charge >= 0.3 is 6.09 Å². The fraction of sp³-hybridized carbons (Fsp3) is 0.524. The lowest BCUT2D eigenvalue weighted by Crippen LogP contribution is -2.35. The Balaban J connectivity index is 1.51. The predicted octanol–water partition coefficient (Wildman–Crippen LogP) is 4.39. The molecule has 1 aliphatic heterocycles. The number of rotatable bonds is 3. The van der Waals surface area contributed by atoms with Crippen LogP contribution in [0.2, 0.25) is 0 Å². The van der Waals surface area contributed by atoms with Gasteiger partial charge in [-0.1, -0.05) is 17.3 Å². The lowest BCUT2D eigenvalue weighted by Gasteiger charge is -2.24. The van der Waals surface area contributed by atoms with Crippen LogP contribution < -0.4 is 0 Å². The average molecular weight is 397 g/mol. The molecule has 0 spiro atoms. The Morgan fingerprint density at radius 1 is 1.31 bits per heavy atom. The maximum absolute atomic E-state index is 12.3. The molecule has 1 aromatic carbocycles. The van der Waals surface area contributed by atoms with Crippen LogP contribution in [0.4, 0.5) is 4.79 Å². The van der Waals surface area contributed by atoms with Gasteiger partial charge in [-0.15, -0.1) is 0 Å². The predicted molar refractivity (Wildman–Crippen MR) is 109 cm³/mol. The van der Waals surface area contributed by atoms with E-state index in [1.807, 2.05) is 49.8 Å². The van der Waals surface area contributed by atoms with E-state index < -0.39 is 5.60 Å². The molecular formula is C21H27N5O3. The number of carbonyl (C=O) groups is 1. The number of fused-ring (bicyclic) bond motifs is 1. The van der Waals surface area contributed by atoms with Gasteiger partial charge in [-0.2, -0.15) is 10.1 Å². The van der Waals surface area contributed by atoms with Crippen LogP contribution in [0.1, 0.15) is 58.9 Å². The number of ether oxygens (including phenoxy) is 1. The van der Waals surface area contributed by atoms with E-state index in [1.54, 1.807) is 4.90 Å². The SMILES string of the molecule is CC(C)n1ncc2ccc(-c3noc(C4CCN(C(=O)OC(C)(C)C)C4)n3)cc21. The van der Waals surface area contributed by atoms with Crippen LogP contribution in [-0.2, 0) is 4.74 Å². The third-order valence-electron chi connectivity index (χ3n) is 4.98. The highest BCUT2D eigenvalue weighted by atomic mass is 16.6. The molecule has 4 rings (SSSR count). The summed E-state index contributed by atoms with van der Waals surface area (Å²) < 4.78 is 13.0. The van der Waals surface area contributed by atoms with Crippen molar-refractivity contribution in [3.8, 4) is 11.4 Å². The van der Waals surface area contributed by atoms with E-state index in [1.165, 1.54) is 0 Å². The number of aromatic nitrogens is 4. The molecule has 0 aliphatic carbocycles. The van der Waals surface area contributed by atoms with Gasteiger partial charge < -0.3 is 14.2 Å². The van der Waals surface area contributed by atoms with Crippen molar-refractivity contribution in [2.45, 2.75) is 58.6 Å². The Bertz CT molecular complexity index is 1030. The maximum atomic E-state index is 12.3. The summed E-state index contributed by atoms with van der Waals surface area (Å²) in [6, 6.07) is 6.30. The molecule has 2 aromatic heterocycles. The number of benzene rings is 1. The van der Waals surface area contributed by atoms with Crippen LogP contribution in [0.5, 0.6) is 0 Å². The van der Waals surface area contributed by atoms with Crippen LogP contribution in [0.25, 0.3) is 22.3 Å². The standard InChI is InChI=1S/C21H27N5O3/c1-13(2)26-17-10-14(6-7-15(17)11-22-26)18-23-19(29-24-18)16-8-9-25(12-16)20(27)28-21(3,4)5/h6-7,10-11,13,16H,8-9,12H2,1-5H3. The average Bonchev–Trinajstić information content (AvgIpc) is 3.37. The second-order valence-corrected chi connectivity index (χ2v) is 8.82. The second-order valence-electron chi connectivity index (χ2n) is 8.82. The van der Waals surface area contributed by atoms with Gasteiger partial charge in [0.2, 0.25) is 11.7 Å². The first-order valence-corrected chi connectivity index (χ1v) is 10.0. The Morgan fingerprint density at radius 3 is 2.83 bits per heavy atom. The monoisotopic (exact) mass is 397 g/mol.